The number of hydrazine groups is 2. The molecule has 35 heavy (non-hydrogen) atoms. The van der Waals surface area contributed by atoms with Gasteiger partial charge in [0.15, 0.2) is 11.3 Å². The van der Waals surface area contributed by atoms with Crippen molar-refractivity contribution in [2.75, 3.05) is 13.7 Å². The van der Waals surface area contributed by atoms with Crippen LogP contribution >= 0.6 is 0 Å². The number of fused-ring (bicyclic) bond motifs is 1. The van der Waals surface area contributed by atoms with Crippen LogP contribution in [0.25, 0.3) is 0 Å². The first-order valence-corrected chi connectivity index (χ1v) is 11.0. The summed E-state index contributed by atoms with van der Waals surface area (Å²) in [5.41, 5.74) is 8.97. The maximum absolute atomic E-state index is 13.7. The minimum absolute atomic E-state index is 0.143. The van der Waals surface area contributed by atoms with Crippen molar-refractivity contribution in [3.05, 3.63) is 29.8 Å². The lowest BCUT2D eigenvalue weighted by molar-refractivity contribution is -0.177. The molecule has 2 saturated heterocycles. The Balaban J connectivity index is 1.87. The van der Waals surface area contributed by atoms with Gasteiger partial charge in [-0.1, -0.05) is 0 Å². The molecule has 0 radical (unpaired) electrons. The fraction of sp³-hybridized carbons (Fsp3) is 0.455. The summed E-state index contributed by atoms with van der Waals surface area (Å²) in [5.74, 6) is -3.61. The summed E-state index contributed by atoms with van der Waals surface area (Å²) >= 11 is 0. The number of carboxylic acids is 1. The Bertz CT molecular complexity index is 1030. The van der Waals surface area contributed by atoms with Gasteiger partial charge in [-0.25, -0.2) is 10.4 Å². The van der Waals surface area contributed by atoms with Gasteiger partial charge in [-0.05, 0) is 43.5 Å². The summed E-state index contributed by atoms with van der Waals surface area (Å²) in [5, 5.41) is 10.9. The number of carbonyl (C=O) groups excluding carboxylic acids is 5. The van der Waals surface area contributed by atoms with Gasteiger partial charge in [0.1, 0.15) is 18.1 Å². The summed E-state index contributed by atoms with van der Waals surface area (Å²) in [7, 11) is 1.46. The number of aliphatic carboxylic acids is 1. The van der Waals surface area contributed by atoms with Crippen LogP contribution in [0.2, 0.25) is 0 Å². The highest BCUT2D eigenvalue weighted by molar-refractivity contribution is 6.19. The molecule has 13 nitrogen and oxygen atoms in total. The Morgan fingerprint density at radius 2 is 1.97 bits per heavy atom. The first-order valence-electron chi connectivity index (χ1n) is 11.0. The van der Waals surface area contributed by atoms with Gasteiger partial charge in [-0.3, -0.25) is 34.4 Å². The Hall–Kier alpha value is -3.84. The molecule has 0 bridgehead atoms. The number of aldehydes is 1. The number of ketones is 1. The van der Waals surface area contributed by atoms with E-state index < -0.39 is 53.5 Å². The van der Waals surface area contributed by atoms with Crippen molar-refractivity contribution in [1.82, 2.24) is 20.9 Å². The third kappa shape index (κ3) is 5.30. The average molecular weight is 489 g/mol. The molecule has 0 aliphatic carbocycles. The number of amides is 3. The summed E-state index contributed by atoms with van der Waals surface area (Å²) in [6.45, 7) is 0.157. The predicted molar refractivity (Wildman–Crippen MR) is 118 cm³/mol. The highest BCUT2D eigenvalue weighted by Gasteiger charge is 2.53. The van der Waals surface area contributed by atoms with Crippen molar-refractivity contribution in [2.24, 2.45) is 5.73 Å². The van der Waals surface area contributed by atoms with E-state index in [1.807, 2.05) is 0 Å². The second-order valence-electron chi connectivity index (χ2n) is 8.33. The molecule has 1 aromatic rings. The SMILES string of the molecule is COc1ccc(C(=O)[C@@]2(N)CCC(=O)N3CCC[C@@H](C(=O)NN[C@H](C=O)CC(=O)O)N3C2=O)cc1. The highest BCUT2D eigenvalue weighted by Crippen LogP contribution is 2.31. The number of hydrogen-bond donors (Lipinski definition) is 4. The molecule has 2 aliphatic rings. The lowest BCUT2D eigenvalue weighted by atomic mass is 9.84. The van der Waals surface area contributed by atoms with E-state index in [2.05, 4.69) is 10.9 Å². The lowest BCUT2D eigenvalue weighted by Crippen LogP contribution is -2.68. The molecule has 2 aliphatic heterocycles. The summed E-state index contributed by atoms with van der Waals surface area (Å²) in [6.07, 6.45) is -0.144. The number of ether oxygens (including phenoxy) is 1. The summed E-state index contributed by atoms with van der Waals surface area (Å²) < 4.78 is 5.08. The van der Waals surface area contributed by atoms with Gasteiger partial charge in [-0.2, -0.15) is 0 Å². The van der Waals surface area contributed by atoms with E-state index in [4.69, 9.17) is 15.6 Å². The minimum atomic E-state index is -2.10. The number of hydrogen-bond acceptors (Lipinski definition) is 9. The first-order chi connectivity index (χ1) is 16.6. The van der Waals surface area contributed by atoms with E-state index in [9.17, 15) is 28.8 Å². The molecular weight excluding hydrogens is 462 g/mol. The van der Waals surface area contributed by atoms with Crippen molar-refractivity contribution in [1.29, 1.82) is 0 Å². The topological polar surface area (TPSA) is 188 Å². The molecule has 1 aromatic carbocycles. The summed E-state index contributed by atoms with van der Waals surface area (Å²) in [6, 6.07) is 3.58. The zero-order chi connectivity index (χ0) is 25.8. The van der Waals surface area contributed by atoms with Crippen molar-refractivity contribution in [2.45, 2.75) is 49.7 Å². The number of nitrogens with two attached hydrogens (primary N) is 1. The molecule has 2 fully saturated rings. The van der Waals surface area contributed by atoms with E-state index in [1.165, 1.54) is 19.2 Å². The molecular formula is C22H27N5O8. The number of nitrogens with one attached hydrogen (secondary N) is 2. The van der Waals surface area contributed by atoms with E-state index in [0.717, 1.165) is 10.0 Å². The van der Waals surface area contributed by atoms with E-state index in [1.54, 1.807) is 12.1 Å². The van der Waals surface area contributed by atoms with Gasteiger partial charge >= 0.3 is 5.97 Å². The Morgan fingerprint density at radius 1 is 1.29 bits per heavy atom. The van der Waals surface area contributed by atoms with Crippen LogP contribution in [0.5, 0.6) is 5.75 Å². The van der Waals surface area contributed by atoms with Crippen molar-refractivity contribution < 1.29 is 38.6 Å². The number of carbonyl (C=O) groups is 6. The average Bonchev–Trinajstić information content (AvgIpc) is 2.96. The quantitative estimate of drug-likeness (QED) is 0.141. The molecule has 0 aromatic heterocycles. The molecule has 188 valence electrons. The fourth-order valence-electron chi connectivity index (χ4n) is 4.09. The largest absolute Gasteiger partial charge is 0.497 e. The van der Waals surface area contributed by atoms with E-state index in [-0.39, 0.29) is 31.4 Å². The smallest absolute Gasteiger partial charge is 0.305 e. The zero-order valence-electron chi connectivity index (χ0n) is 19.1. The molecule has 0 saturated carbocycles. The minimum Gasteiger partial charge on any atom is -0.497 e. The molecule has 3 amide bonds. The first kappa shape index (κ1) is 25.8. The maximum Gasteiger partial charge on any atom is 0.305 e. The Kier molecular flexibility index (Phi) is 7.82. The van der Waals surface area contributed by atoms with Crippen molar-refractivity contribution in [3.8, 4) is 5.75 Å². The number of carboxylic acid groups (broad SMARTS) is 1. The third-order valence-corrected chi connectivity index (χ3v) is 6.01. The molecule has 3 rings (SSSR count). The highest BCUT2D eigenvalue weighted by atomic mass is 16.5. The zero-order valence-corrected chi connectivity index (χ0v) is 19.1. The van der Waals surface area contributed by atoms with Crippen LogP contribution in [0.3, 0.4) is 0 Å². The monoisotopic (exact) mass is 489 g/mol. The number of rotatable bonds is 9. The number of benzene rings is 1. The van der Waals surface area contributed by atoms with Crippen LogP contribution in [0.15, 0.2) is 24.3 Å². The predicted octanol–water partition coefficient (Wildman–Crippen LogP) is -1.23. The van der Waals surface area contributed by atoms with Gasteiger partial charge in [0.05, 0.1) is 19.6 Å². The number of methoxy groups -OCH3 is 1. The molecule has 2 heterocycles. The Morgan fingerprint density at radius 3 is 2.57 bits per heavy atom. The molecule has 0 spiro atoms. The lowest BCUT2D eigenvalue weighted by Gasteiger charge is -2.44. The third-order valence-electron chi connectivity index (χ3n) is 6.01. The molecule has 0 unspecified atom stereocenters. The normalized spacial score (nSPS) is 23.1. The van der Waals surface area contributed by atoms with Crippen LogP contribution in [-0.2, 0) is 24.0 Å². The molecule has 13 heteroatoms. The van der Waals surface area contributed by atoms with Crippen LogP contribution < -0.4 is 21.3 Å². The summed E-state index contributed by atoms with van der Waals surface area (Å²) in [4.78, 5) is 74.7. The van der Waals surface area contributed by atoms with Crippen molar-refractivity contribution in [3.63, 3.8) is 0 Å². The van der Waals surface area contributed by atoms with Gasteiger partial charge < -0.3 is 20.4 Å². The number of Topliss-reactive ketones (excluding diaryl/α,β-unsaturated/α-hetero) is 1. The van der Waals surface area contributed by atoms with Gasteiger partial charge in [0, 0.05) is 18.5 Å². The van der Waals surface area contributed by atoms with Crippen LogP contribution in [0.1, 0.15) is 42.5 Å². The maximum atomic E-state index is 13.7. The van der Waals surface area contributed by atoms with Gasteiger partial charge in [0.25, 0.3) is 11.8 Å². The fourth-order valence-corrected chi connectivity index (χ4v) is 4.09. The second kappa shape index (κ2) is 10.6. The van der Waals surface area contributed by atoms with Crippen molar-refractivity contribution >= 4 is 35.8 Å². The van der Waals surface area contributed by atoms with E-state index in [0.29, 0.717) is 18.5 Å². The number of nitrogens with zero attached hydrogens (tertiary/aromatic N) is 2. The standard InChI is InChI=1S/C22H27N5O8/c1-35-15-6-4-13(5-7-15)19(32)22(23)9-8-17(29)26-10-2-3-16(27(26)21(22)34)20(33)25-24-14(12-28)11-18(30)31/h4-7,12,14,16,24H,2-3,8-11,23H2,1H3,(H,25,33)(H,30,31)/t14-,16-,22-/m0/s1. The van der Waals surface area contributed by atoms with E-state index >= 15 is 0 Å². The molecule has 3 atom stereocenters. The second-order valence-corrected chi connectivity index (χ2v) is 8.33. The molecule has 5 N–H and O–H groups in total. The van der Waals surface area contributed by atoms with Gasteiger partial charge in [0.2, 0.25) is 5.91 Å². The van der Waals surface area contributed by atoms with Crippen LogP contribution in [-0.4, -0.2) is 82.2 Å². The van der Waals surface area contributed by atoms with Crippen LogP contribution in [0, 0.1) is 0 Å². The van der Waals surface area contributed by atoms with Gasteiger partial charge in [-0.15, -0.1) is 0 Å². The van der Waals surface area contributed by atoms with Crippen LogP contribution in [0.4, 0.5) is 0 Å². The Labute approximate surface area is 200 Å².